The van der Waals surface area contributed by atoms with Crippen LogP contribution in [0.4, 0.5) is 5.69 Å². The minimum Gasteiger partial charge on any atom is -0.398 e. The van der Waals surface area contributed by atoms with Crippen molar-refractivity contribution in [2.45, 2.75) is 6.54 Å². The number of aromatic nitrogens is 3. The summed E-state index contributed by atoms with van der Waals surface area (Å²) in [6.07, 6.45) is 1.39. The smallest absolute Gasteiger partial charge is 0.252 e. The molecule has 0 aliphatic rings. The number of aromatic amines is 1. The summed E-state index contributed by atoms with van der Waals surface area (Å²) < 4.78 is 0.593. The molecule has 0 spiro atoms. The second kappa shape index (κ2) is 4.96. The van der Waals surface area contributed by atoms with Crippen molar-refractivity contribution in [1.29, 1.82) is 0 Å². The lowest BCUT2D eigenvalue weighted by Crippen LogP contribution is -2.24. The summed E-state index contributed by atoms with van der Waals surface area (Å²) in [5.74, 6) is 0.374. The van der Waals surface area contributed by atoms with Crippen LogP contribution in [0, 0.1) is 0 Å². The zero-order valence-corrected chi connectivity index (χ0v) is 10.4. The molecule has 2 rings (SSSR count). The molecule has 1 aromatic heterocycles. The molecule has 1 aromatic carbocycles. The van der Waals surface area contributed by atoms with Crippen molar-refractivity contribution < 1.29 is 4.79 Å². The van der Waals surface area contributed by atoms with Gasteiger partial charge in [0.1, 0.15) is 12.2 Å². The van der Waals surface area contributed by atoms with E-state index in [1.54, 1.807) is 18.2 Å². The number of carbonyl (C=O) groups is 1. The number of benzene rings is 1. The fourth-order valence-corrected chi connectivity index (χ4v) is 1.74. The van der Waals surface area contributed by atoms with Crippen molar-refractivity contribution in [3.63, 3.8) is 0 Å². The molecule has 0 unspecified atom stereocenters. The molecule has 4 N–H and O–H groups in total. The Morgan fingerprint density at radius 3 is 3.06 bits per heavy atom. The fourth-order valence-electron chi connectivity index (χ4n) is 1.30. The molecule has 0 fully saturated rings. The summed E-state index contributed by atoms with van der Waals surface area (Å²) in [5, 5.41) is 9.06. The molecule has 1 heterocycles. The lowest BCUT2D eigenvalue weighted by Gasteiger charge is -2.06. The van der Waals surface area contributed by atoms with Crippen LogP contribution in [0.3, 0.4) is 0 Å². The summed E-state index contributed by atoms with van der Waals surface area (Å²) in [5.41, 5.74) is 6.71. The number of nitrogens with two attached hydrogens (primary N) is 1. The van der Waals surface area contributed by atoms with Crippen molar-refractivity contribution in [1.82, 2.24) is 20.5 Å². The van der Waals surface area contributed by atoms with Crippen molar-refractivity contribution in [3.8, 4) is 0 Å². The minimum absolute atomic E-state index is 0.222. The number of halogens is 1. The first-order valence-electron chi connectivity index (χ1n) is 4.85. The van der Waals surface area contributed by atoms with Crippen LogP contribution in [0.1, 0.15) is 16.2 Å². The Morgan fingerprint density at radius 2 is 2.35 bits per heavy atom. The molecule has 7 heteroatoms. The number of anilines is 1. The topological polar surface area (TPSA) is 96.7 Å². The molecule has 88 valence electrons. The van der Waals surface area contributed by atoms with E-state index in [1.807, 2.05) is 0 Å². The van der Waals surface area contributed by atoms with Gasteiger partial charge in [0, 0.05) is 5.69 Å². The van der Waals surface area contributed by atoms with Crippen LogP contribution in [-0.4, -0.2) is 21.1 Å². The molecule has 0 aliphatic carbocycles. The second-order valence-electron chi connectivity index (χ2n) is 3.32. The number of nitrogen functional groups attached to an aromatic ring is 1. The zero-order valence-electron chi connectivity index (χ0n) is 8.77. The molecular formula is C10H10BrN5O. The maximum atomic E-state index is 11.9. The third-order valence-electron chi connectivity index (χ3n) is 2.15. The Hall–Kier alpha value is -1.89. The Morgan fingerprint density at radius 1 is 1.53 bits per heavy atom. The first-order valence-corrected chi connectivity index (χ1v) is 5.64. The van der Waals surface area contributed by atoms with Crippen LogP contribution < -0.4 is 11.1 Å². The van der Waals surface area contributed by atoms with E-state index >= 15 is 0 Å². The van der Waals surface area contributed by atoms with Gasteiger partial charge in [-0.05, 0) is 28.1 Å². The lowest BCUT2D eigenvalue weighted by molar-refractivity contribution is 0.0949. The highest BCUT2D eigenvalue weighted by atomic mass is 79.9. The van der Waals surface area contributed by atoms with Crippen molar-refractivity contribution in [2.75, 3.05) is 5.73 Å². The highest BCUT2D eigenvalue weighted by Gasteiger charge is 2.11. The summed E-state index contributed by atoms with van der Waals surface area (Å²) >= 11 is 3.28. The van der Waals surface area contributed by atoms with Gasteiger partial charge in [0.15, 0.2) is 0 Å². The molecule has 0 radical (unpaired) electrons. The normalized spacial score (nSPS) is 10.2. The highest BCUT2D eigenvalue weighted by molar-refractivity contribution is 9.10. The summed E-state index contributed by atoms with van der Waals surface area (Å²) in [6.45, 7) is 0.292. The van der Waals surface area contributed by atoms with Gasteiger partial charge in [-0.3, -0.25) is 9.89 Å². The molecule has 6 nitrogen and oxygen atoms in total. The molecular weight excluding hydrogens is 286 g/mol. The largest absolute Gasteiger partial charge is 0.398 e. The average molecular weight is 296 g/mol. The Balaban J connectivity index is 2.07. The fraction of sp³-hybridized carbons (Fsp3) is 0.100. The van der Waals surface area contributed by atoms with E-state index < -0.39 is 0 Å². The van der Waals surface area contributed by atoms with E-state index in [9.17, 15) is 4.79 Å². The van der Waals surface area contributed by atoms with Gasteiger partial charge >= 0.3 is 0 Å². The molecule has 0 bridgehead atoms. The van der Waals surface area contributed by atoms with Gasteiger partial charge < -0.3 is 11.1 Å². The average Bonchev–Trinajstić information content (AvgIpc) is 2.82. The molecule has 17 heavy (non-hydrogen) atoms. The van der Waals surface area contributed by atoms with Crippen molar-refractivity contribution in [3.05, 3.63) is 40.4 Å². The Bertz CT molecular complexity index is 525. The summed E-state index contributed by atoms with van der Waals surface area (Å²) in [7, 11) is 0. The number of carbonyl (C=O) groups excluding carboxylic acids is 1. The van der Waals surface area contributed by atoms with Gasteiger partial charge in [0.25, 0.3) is 5.91 Å². The van der Waals surface area contributed by atoms with Crippen LogP contribution in [0.25, 0.3) is 0 Å². The number of hydrogen-bond acceptors (Lipinski definition) is 4. The first-order chi connectivity index (χ1) is 8.18. The van der Waals surface area contributed by atoms with Gasteiger partial charge in [0.05, 0.1) is 16.6 Å². The zero-order chi connectivity index (χ0) is 12.3. The van der Waals surface area contributed by atoms with E-state index in [1.165, 1.54) is 6.33 Å². The molecule has 1 amide bonds. The van der Waals surface area contributed by atoms with Gasteiger partial charge in [-0.25, -0.2) is 4.98 Å². The van der Waals surface area contributed by atoms with Crippen LogP contribution >= 0.6 is 15.9 Å². The Kier molecular flexibility index (Phi) is 3.38. The summed E-state index contributed by atoms with van der Waals surface area (Å²) in [4.78, 5) is 15.8. The second-order valence-corrected chi connectivity index (χ2v) is 4.12. The molecule has 0 saturated heterocycles. The number of nitrogens with zero attached hydrogens (tertiary/aromatic N) is 2. The van der Waals surface area contributed by atoms with Crippen molar-refractivity contribution in [2.24, 2.45) is 0 Å². The van der Waals surface area contributed by atoms with E-state index in [0.29, 0.717) is 28.1 Å². The number of nitrogens with one attached hydrogen (secondary N) is 2. The highest BCUT2D eigenvalue weighted by Crippen LogP contribution is 2.23. The van der Waals surface area contributed by atoms with Crippen LogP contribution in [0.2, 0.25) is 0 Å². The van der Waals surface area contributed by atoms with E-state index in [0.717, 1.165) is 0 Å². The third-order valence-corrected chi connectivity index (χ3v) is 3.04. The monoisotopic (exact) mass is 295 g/mol. The van der Waals surface area contributed by atoms with E-state index in [-0.39, 0.29) is 5.91 Å². The number of hydrogen-bond donors (Lipinski definition) is 3. The predicted octanol–water partition coefficient (Wildman–Crippen LogP) is 1.08. The number of H-pyrrole nitrogens is 1. The Labute approximate surface area is 106 Å². The molecule has 0 aliphatic heterocycles. The summed E-state index contributed by atoms with van der Waals surface area (Å²) in [6, 6.07) is 5.14. The minimum atomic E-state index is -0.222. The first kappa shape index (κ1) is 11.6. The van der Waals surface area contributed by atoms with Crippen LogP contribution in [-0.2, 0) is 6.54 Å². The predicted molar refractivity (Wildman–Crippen MR) is 66.1 cm³/mol. The van der Waals surface area contributed by atoms with Gasteiger partial charge in [-0.15, -0.1) is 0 Å². The van der Waals surface area contributed by atoms with E-state index in [4.69, 9.17) is 5.73 Å². The van der Waals surface area contributed by atoms with Gasteiger partial charge in [-0.1, -0.05) is 6.07 Å². The van der Waals surface area contributed by atoms with Crippen LogP contribution in [0.15, 0.2) is 29.0 Å². The maximum Gasteiger partial charge on any atom is 0.252 e. The van der Waals surface area contributed by atoms with E-state index in [2.05, 4.69) is 36.4 Å². The number of rotatable bonds is 3. The number of amides is 1. The maximum absolute atomic E-state index is 11.9. The SMILES string of the molecule is Nc1cccc(C(=O)NCc2ncn[nH]2)c1Br. The van der Waals surface area contributed by atoms with Crippen molar-refractivity contribution >= 4 is 27.5 Å². The standard InChI is InChI=1S/C10H10BrN5O/c11-9-6(2-1-3-7(9)12)10(17)13-4-8-14-5-15-16-8/h1-3,5H,4,12H2,(H,13,17)(H,14,15,16). The van der Waals surface area contributed by atoms with Gasteiger partial charge in [-0.2, -0.15) is 5.10 Å². The molecule has 2 aromatic rings. The van der Waals surface area contributed by atoms with Crippen LogP contribution in [0.5, 0.6) is 0 Å². The molecule has 0 saturated carbocycles. The third kappa shape index (κ3) is 2.62. The molecule has 0 atom stereocenters. The lowest BCUT2D eigenvalue weighted by atomic mass is 10.2. The quantitative estimate of drug-likeness (QED) is 0.738. The van der Waals surface area contributed by atoms with Gasteiger partial charge in [0.2, 0.25) is 0 Å².